The summed E-state index contributed by atoms with van der Waals surface area (Å²) in [4.78, 5) is 44.8. The lowest BCUT2D eigenvalue weighted by molar-refractivity contribution is -0.193. The maximum atomic E-state index is 12.0. The molecular formula is C21H29F6N5O6. The van der Waals surface area contributed by atoms with Crippen molar-refractivity contribution in [3.05, 3.63) is 18.0 Å². The minimum atomic E-state index is -5.08. The highest BCUT2D eigenvalue weighted by atomic mass is 19.4. The van der Waals surface area contributed by atoms with E-state index in [1.54, 1.807) is 19.0 Å². The van der Waals surface area contributed by atoms with Crippen LogP contribution in [0, 0.1) is 6.92 Å². The van der Waals surface area contributed by atoms with Crippen LogP contribution in [0.2, 0.25) is 0 Å². The van der Waals surface area contributed by atoms with Gasteiger partial charge in [0.2, 0.25) is 11.9 Å². The lowest BCUT2D eigenvalue weighted by Crippen LogP contribution is -2.60. The molecule has 1 aromatic heterocycles. The molecule has 2 aliphatic heterocycles. The highest BCUT2D eigenvalue weighted by Crippen LogP contribution is 2.30. The van der Waals surface area contributed by atoms with Gasteiger partial charge in [-0.3, -0.25) is 9.69 Å². The molecule has 3 rings (SSSR count). The summed E-state index contributed by atoms with van der Waals surface area (Å²) in [5.74, 6) is -4.61. The highest BCUT2D eigenvalue weighted by molar-refractivity contribution is 5.77. The number of alkyl halides is 6. The highest BCUT2D eigenvalue weighted by Gasteiger charge is 2.42. The molecular weight excluding hydrogens is 532 g/mol. The maximum Gasteiger partial charge on any atom is 0.490 e. The second kappa shape index (κ2) is 13.5. The van der Waals surface area contributed by atoms with Gasteiger partial charge in [0.15, 0.2) is 0 Å². The number of carboxylic acids is 2. The number of hydrogen-bond donors (Lipinski definition) is 2. The number of halogens is 6. The fourth-order valence-corrected chi connectivity index (χ4v) is 3.47. The molecule has 216 valence electrons. The summed E-state index contributed by atoms with van der Waals surface area (Å²) >= 11 is 0. The van der Waals surface area contributed by atoms with Gasteiger partial charge in [0.1, 0.15) is 0 Å². The fraction of sp³-hybridized carbons (Fsp3) is 0.667. The number of aryl methyl sites for hydroxylation is 1. The van der Waals surface area contributed by atoms with Crippen LogP contribution >= 0.6 is 0 Å². The molecule has 2 saturated heterocycles. The van der Waals surface area contributed by atoms with Crippen LogP contribution in [-0.2, 0) is 19.1 Å². The van der Waals surface area contributed by atoms with Crippen LogP contribution in [0.4, 0.5) is 32.3 Å². The average Bonchev–Trinajstić information content (AvgIpc) is 2.79. The van der Waals surface area contributed by atoms with Crippen molar-refractivity contribution in [3.63, 3.8) is 0 Å². The summed E-state index contributed by atoms with van der Waals surface area (Å²) < 4.78 is 69.7. The minimum Gasteiger partial charge on any atom is -0.475 e. The number of amides is 1. The van der Waals surface area contributed by atoms with Crippen LogP contribution in [0.15, 0.2) is 12.4 Å². The van der Waals surface area contributed by atoms with E-state index in [0.29, 0.717) is 13.2 Å². The largest absolute Gasteiger partial charge is 0.490 e. The number of piperidine rings is 1. The normalized spacial score (nSPS) is 20.0. The van der Waals surface area contributed by atoms with E-state index in [0.717, 1.165) is 50.5 Å². The van der Waals surface area contributed by atoms with Crippen LogP contribution in [0.5, 0.6) is 0 Å². The molecule has 1 unspecified atom stereocenters. The Hall–Kier alpha value is -3.21. The van der Waals surface area contributed by atoms with Crippen molar-refractivity contribution in [2.45, 2.75) is 37.7 Å². The zero-order chi connectivity index (χ0) is 29.3. The van der Waals surface area contributed by atoms with Crippen molar-refractivity contribution in [2.24, 2.45) is 0 Å². The SMILES string of the molecule is Cc1cnc(N2CCOC3(CCCN(CC(=O)N(C)C)C3)C2)nc1.O=C(O)C(F)(F)F.O=C(O)C(F)(F)F. The topological polar surface area (TPSA) is 136 Å². The number of aliphatic carboxylic acids is 2. The number of carbonyl (C=O) groups is 3. The smallest absolute Gasteiger partial charge is 0.475 e. The molecule has 0 radical (unpaired) electrons. The molecule has 2 N–H and O–H groups in total. The summed E-state index contributed by atoms with van der Waals surface area (Å²) in [6.45, 7) is 6.45. The number of likely N-dealkylation sites (N-methyl/N-ethyl adjacent to an activating group) is 1. The Labute approximate surface area is 214 Å². The van der Waals surface area contributed by atoms with E-state index in [2.05, 4.69) is 19.8 Å². The molecule has 11 nitrogen and oxygen atoms in total. The standard InChI is InChI=1S/C17H27N5O2.2C2HF3O2/c1-14-9-18-16(19-10-14)22-7-8-24-17(13-22)5-4-6-21(12-17)11-15(23)20(2)3;2*3-2(4,5)1(6)7/h9-10H,4-8,11-13H2,1-3H3;2*(H,6,7). The molecule has 1 spiro atoms. The summed E-state index contributed by atoms with van der Waals surface area (Å²) in [6, 6.07) is 0. The summed E-state index contributed by atoms with van der Waals surface area (Å²) in [5, 5.41) is 14.2. The third kappa shape index (κ3) is 11.0. The van der Waals surface area contributed by atoms with Crippen LogP contribution in [0.25, 0.3) is 0 Å². The number of morpholine rings is 1. The molecule has 1 aromatic rings. The van der Waals surface area contributed by atoms with Gasteiger partial charge in [-0.1, -0.05) is 0 Å². The number of aromatic nitrogens is 2. The third-order valence-corrected chi connectivity index (χ3v) is 5.26. The molecule has 3 heterocycles. The number of rotatable bonds is 3. The van der Waals surface area contributed by atoms with Crippen molar-refractivity contribution in [3.8, 4) is 0 Å². The second-order valence-electron chi connectivity index (χ2n) is 8.72. The minimum absolute atomic E-state index is 0.140. The van der Waals surface area contributed by atoms with Gasteiger partial charge < -0.3 is 24.7 Å². The van der Waals surface area contributed by atoms with Crippen molar-refractivity contribution in [1.82, 2.24) is 19.8 Å². The Balaban J connectivity index is 0.000000426. The lowest BCUT2D eigenvalue weighted by atomic mass is 9.90. The van der Waals surface area contributed by atoms with Crippen LogP contribution < -0.4 is 4.90 Å². The Morgan fingerprint density at radius 1 is 1.00 bits per heavy atom. The number of ether oxygens (including phenoxy) is 1. The Morgan fingerprint density at radius 3 is 1.95 bits per heavy atom. The van der Waals surface area contributed by atoms with E-state index in [4.69, 9.17) is 24.5 Å². The molecule has 2 fully saturated rings. The van der Waals surface area contributed by atoms with Gasteiger partial charge in [-0.15, -0.1) is 0 Å². The molecule has 0 aromatic carbocycles. The van der Waals surface area contributed by atoms with Gasteiger partial charge in [-0.2, -0.15) is 26.3 Å². The molecule has 0 saturated carbocycles. The Bertz CT molecular complexity index is 916. The monoisotopic (exact) mass is 561 g/mol. The lowest BCUT2D eigenvalue weighted by Gasteiger charge is -2.48. The number of anilines is 1. The van der Waals surface area contributed by atoms with Gasteiger partial charge in [-0.05, 0) is 31.9 Å². The predicted octanol–water partition coefficient (Wildman–Crippen LogP) is 1.81. The van der Waals surface area contributed by atoms with Crippen molar-refractivity contribution < 1.29 is 55.7 Å². The molecule has 0 bridgehead atoms. The maximum absolute atomic E-state index is 12.0. The molecule has 1 atom stereocenters. The van der Waals surface area contributed by atoms with E-state index in [-0.39, 0.29) is 11.5 Å². The van der Waals surface area contributed by atoms with E-state index >= 15 is 0 Å². The van der Waals surface area contributed by atoms with Crippen LogP contribution in [-0.4, -0.2) is 119 Å². The quantitative estimate of drug-likeness (QED) is 0.526. The van der Waals surface area contributed by atoms with Gasteiger partial charge in [-0.25, -0.2) is 19.6 Å². The first kappa shape index (κ1) is 32.8. The molecule has 17 heteroatoms. The van der Waals surface area contributed by atoms with Gasteiger partial charge >= 0.3 is 24.3 Å². The number of nitrogens with zero attached hydrogens (tertiary/aromatic N) is 5. The first-order chi connectivity index (χ1) is 17.4. The first-order valence-electron chi connectivity index (χ1n) is 11.1. The fourth-order valence-electron chi connectivity index (χ4n) is 3.47. The zero-order valence-corrected chi connectivity index (χ0v) is 20.8. The average molecular weight is 561 g/mol. The molecule has 0 aliphatic carbocycles. The summed E-state index contributed by atoms with van der Waals surface area (Å²) in [7, 11) is 3.60. The number of likely N-dealkylation sites (tertiary alicyclic amines) is 1. The van der Waals surface area contributed by atoms with E-state index in [1.165, 1.54) is 0 Å². The zero-order valence-electron chi connectivity index (χ0n) is 20.8. The van der Waals surface area contributed by atoms with E-state index in [1.807, 2.05) is 19.3 Å². The van der Waals surface area contributed by atoms with Crippen LogP contribution in [0.1, 0.15) is 18.4 Å². The van der Waals surface area contributed by atoms with Gasteiger partial charge in [0, 0.05) is 39.6 Å². The summed E-state index contributed by atoms with van der Waals surface area (Å²) in [6.07, 6.45) is -4.40. The Morgan fingerprint density at radius 2 is 1.50 bits per heavy atom. The van der Waals surface area contributed by atoms with E-state index in [9.17, 15) is 31.1 Å². The second-order valence-corrected chi connectivity index (χ2v) is 8.72. The first-order valence-corrected chi connectivity index (χ1v) is 11.1. The van der Waals surface area contributed by atoms with Crippen molar-refractivity contribution in [1.29, 1.82) is 0 Å². The number of hydrogen-bond acceptors (Lipinski definition) is 8. The molecule has 2 aliphatic rings. The Kier molecular flexibility index (Phi) is 11.7. The van der Waals surface area contributed by atoms with Crippen LogP contribution in [0.3, 0.4) is 0 Å². The number of carboxylic acid groups (broad SMARTS) is 2. The van der Waals surface area contributed by atoms with Gasteiger partial charge in [0.05, 0.1) is 25.3 Å². The molecule has 38 heavy (non-hydrogen) atoms. The van der Waals surface area contributed by atoms with E-state index < -0.39 is 24.3 Å². The molecule has 1 amide bonds. The number of carbonyl (C=O) groups excluding carboxylic acids is 1. The predicted molar refractivity (Wildman–Crippen MR) is 119 cm³/mol. The third-order valence-electron chi connectivity index (χ3n) is 5.26. The van der Waals surface area contributed by atoms with Gasteiger partial charge in [0.25, 0.3) is 0 Å². The van der Waals surface area contributed by atoms with Crippen molar-refractivity contribution >= 4 is 23.8 Å². The van der Waals surface area contributed by atoms with Crippen molar-refractivity contribution in [2.75, 3.05) is 58.3 Å². The summed E-state index contributed by atoms with van der Waals surface area (Å²) in [5.41, 5.74) is 0.838.